The Morgan fingerprint density at radius 3 is 3.00 bits per heavy atom. The number of hydrogen-bond donors (Lipinski definition) is 0. The molecule has 0 aliphatic carbocycles. The van der Waals surface area contributed by atoms with Gasteiger partial charge in [0.25, 0.3) is 0 Å². The number of carbonyl (C=O) groups is 1. The molecule has 1 atom stereocenters. The molecule has 0 amide bonds. The van der Waals surface area contributed by atoms with Crippen molar-refractivity contribution in [1.82, 2.24) is 9.78 Å². The SMILES string of the molecule is COC(=O)C(C#N)n1cccn1. The molecule has 0 radical (unpaired) electrons. The van der Waals surface area contributed by atoms with Crippen LogP contribution in [0, 0.1) is 11.3 Å². The van der Waals surface area contributed by atoms with Gasteiger partial charge >= 0.3 is 5.97 Å². The number of esters is 1. The van der Waals surface area contributed by atoms with Crippen molar-refractivity contribution >= 4 is 5.97 Å². The van der Waals surface area contributed by atoms with Crippen LogP contribution >= 0.6 is 0 Å². The minimum atomic E-state index is -0.981. The van der Waals surface area contributed by atoms with E-state index < -0.39 is 12.0 Å². The van der Waals surface area contributed by atoms with Gasteiger partial charge in [-0.25, -0.2) is 9.48 Å². The highest BCUT2D eigenvalue weighted by molar-refractivity contribution is 5.76. The molecule has 12 heavy (non-hydrogen) atoms. The maximum Gasteiger partial charge on any atom is 0.345 e. The van der Waals surface area contributed by atoms with Gasteiger partial charge in [0.15, 0.2) is 0 Å². The number of carbonyl (C=O) groups excluding carboxylic acids is 1. The molecule has 1 aromatic heterocycles. The van der Waals surface area contributed by atoms with Gasteiger partial charge in [-0.15, -0.1) is 0 Å². The van der Waals surface area contributed by atoms with Crippen molar-refractivity contribution in [3.63, 3.8) is 0 Å². The van der Waals surface area contributed by atoms with Crippen molar-refractivity contribution < 1.29 is 9.53 Å². The third-order valence-corrected chi connectivity index (χ3v) is 1.34. The Morgan fingerprint density at radius 1 is 1.83 bits per heavy atom. The number of nitrogens with zero attached hydrogens (tertiary/aromatic N) is 3. The molecule has 0 aromatic carbocycles. The lowest BCUT2D eigenvalue weighted by molar-refractivity contribution is -0.143. The quantitative estimate of drug-likeness (QED) is 0.584. The molecule has 0 saturated carbocycles. The summed E-state index contributed by atoms with van der Waals surface area (Å²) in [5.41, 5.74) is 0. The fourth-order valence-electron chi connectivity index (χ4n) is 0.765. The first kappa shape index (κ1) is 8.27. The molecule has 1 heterocycles. The molecule has 1 aromatic rings. The van der Waals surface area contributed by atoms with Crippen LogP contribution in [0.3, 0.4) is 0 Å². The topological polar surface area (TPSA) is 67.9 Å². The van der Waals surface area contributed by atoms with Crippen molar-refractivity contribution in [2.24, 2.45) is 0 Å². The zero-order chi connectivity index (χ0) is 8.97. The minimum Gasteiger partial charge on any atom is -0.467 e. The summed E-state index contributed by atoms with van der Waals surface area (Å²) in [5, 5.41) is 12.3. The summed E-state index contributed by atoms with van der Waals surface area (Å²) in [6, 6.07) is 2.43. The number of hydrogen-bond acceptors (Lipinski definition) is 4. The number of rotatable bonds is 2. The lowest BCUT2D eigenvalue weighted by atomic mass is 10.3. The first-order chi connectivity index (χ1) is 5.79. The second-order valence-corrected chi connectivity index (χ2v) is 2.04. The monoisotopic (exact) mass is 165 g/mol. The fourth-order valence-corrected chi connectivity index (χ4v) is 0.765. The van der Waals surface area contributed by atoms with Crippen molar-refractivity contribution in [3.8, 4) is 6.07 Å². The molecular weight excluding hydrogens is 158 g/mol. The van der Waals surface area contributed by atoms with Gasteiger partial charge in [-0.2, -0.15) is 10.4 Å². The van der Waals surface area contributed by atoms with Crippen LogP contribution in [0.1, 0.15) is 6.04 Å². The van der Waals surface area contributed by atoms with Gasteiger partial charge in [0.1, 0.15) is 6.07 Å². The Hall–Kier alpha value is -1.83. The van der Waals surface area contributed by atoms with Gasteiger partial charge in [0, 0.05) is 12.4 Å². The highest BCUT2D eigenvalue weighted by Gasteiger charge is 2.19. The van der Waals surface area contributed by atoms with Crippen LogP contribution < -0.4 is 0 Å². The average Bonchev–Trinajstić information content (AvgIpc) is 2.58. The second-order valence-electron chi connectivity index (χ2n) is 2.04. The van der Waals surface area contributed by atoms with Gasteiger partial charge < -0.3 is 4.74 Å². The van der Waals surface area contributed by atoms with E-state index in [1.54, 1.807) is 12.1 Å². The molecule has 0 saturated heterocycles. The Balaban J connectivity index is 2.86. The summed E-state index contributed by atoms with van der Waals surface area (Å²) in [4.78, 5) is 10.9. The highest BCUT2D eigenvalue weighted by Crippen LogP contribution is 2.04. The van der Waals surface area contributed by atoms with Crippen molar-refractivity contribution in [2.75, 3.05) is 7.11 Å². The zero-order valence-electron chi connectivity index (χ0n) is 6.47. The average molecular weight is 165 g/mol. The predicted molar refractivity (Wildman–Crippen MR) is 38.9 cm³/mol. The van der Waals surface area contributed by atoms with Crippen LogP contribution in [-0.2, 0) is 9.53 Å². The molecule has 5 nitrogen and oxygen atoms in total. The summed E-state index contributed by atoms with van der Waals surface area (Å²) in [7, 11) is 1.23. The van der Waals surface area contributed by atoms with Crippen LogP contribution in [0.25, 0.3) is 0 Å². The minimum absolute atomic E-state index is 0.610. The van der Waals surface area contributed by atoms with E-state index in [0.29, 0.717) is 0 Å². The number of methoxy groups -OCH3 is 1. The van der Waals surface area contributed by atoms with Crippen LogP contribution in [0.2, 0.25) is 0 Å². The number of nitriles is 1. The summed E-state index contributed by atoms with van der Waals surface area (Å²) in [6.45, 7) is 0. The molecule has 0 bridgehead atoms. The van der Waals surface area contributed by atoms with E-state index in [-0.39, 0.29) is 0 Å². The Bertz CT molecular complexity index is 299. The summed E-state index contributed by atoms with van der Waals surface area (Å²) < 4.78 is 5.65. The van der Waals surface area contributed by atoms with E-state index in [9.17, 15) is 4.79 Å². The first-order valence-electron chi connectivity index (χ1n) is 3.26. The predicted octanol–water partition coefficient (Wildman–Crippen LogP) is 0.121. The molecule has 0 spiro atoms. The van der Waals surface area contributed by atoms with E-state index in [1.165, 1.54) is 24.2 Å². The van der Waals surface area contributed by atoms with E-state index in [2.05, 4.69) is 9.84 Å². The van der Waals surface area contributed by atoms with Gasteiger partial charge in [0.2, 0.25) is 6.04 Å². The van der Waals surface area contributed by atoms with Gasteiger partial charge in [-0.3, -0.25) is 0 Å². The molecule has 0 N–H and O–H groups in total. The Kier molecular flexibility index (Phi) is 2.43. The van der Waals surface area contributed by atoms with Crippen molar-refractivity contribution in [3.05, 3.63) is 18.5 Å². The third kappa shape index (κ3) is 1.42. The maximum atomic E-state index is 10.9. The highest BCUT2D eigenvalue weighted by atomic mass is 16.5. The maximum absolute atomic E-state index is 10.9. The summed E-state index contributed by atoms with van der Waals surface area (Å²) >= 11 is 0. The molecule has 0 aliphatic heterocycles. The smallest absolute Gasteiger partial charge is 0.345 e. The van der Waals surface area contributed by atoms with Crippen LogP contribution in [0.4, 0.5) is 0 Å². The molecule has 1 rings (SSSR count). The molecular formula is C7H7N3O2. The number of ether oxygens (including phenoxy) is 1. The number of aromatic nitrogens is 2. The molecule has 5 heteroatoms. The van der Waals surface area contributed by atoms with Gasteiger partial charge in [0.05, 0.1) is 7.11 Å². The third-order valence-electron chi connectivity index (χ3n) is 1.34. The standard InChI is InChI=1S/C7H7N3O2/c1-12-7(11)6(5-8)10-4-2-3-9-10/h2-4,6H,1H3. The Labute approximate surface area is 69.2 Å². The Morgan fingerprint density at radius 2 is 2.58 bits per heavy atom. The lowest BCUT2D eigenvalue weighted by Crippen LogP contribution is -2.19. The summed E-state index contributed by atoms with van der Waals surface area (Å²) in [5.74, 6) is -0.610. The molecule has 1 unspecified atom stereocenters. The molecule has 62 valence electrons. The van der Waals surface area contributed by atoms with Crippen molar-refractivity contribution in [2.45, 2.75) is 6.04 Å². The molecule has 0 aliphatic rings. The van der Waals surface area contributed by atoms with Crippen LogP contribution in [0.5, 0.6) is 0 Å². The fraction of sp³-hybridized carbons (Fsp3) is 0.286. The van der Waals surface area contributed by atoms with Gasteiger partial charge in [-0.1, -0.05) is 0 Å². The van der Waals surface area contributed by atoms with Crippen LogP contribution in [0.15, 0.2) is 18.5 Å². The first-order valence-corrected chi connectivity index (χ1v) is 3.26. The van der Waals surface area contributed by atoms with E-state index >= 15 is 0 Å². The van der Waals surface area contributed by atoms with Crippen molar-refractivity contribution in [1.29, 1.82) is 5.26 Å². The largest absolute Gasteiger partial charge is 0.467 e. The lowest BCUT2D eigenvalue weighted by Gasteiger charge is -2.05. The van der Waals surface area contributed by atoms with E-state index in [4.69, 9.17) is 5.26 Å². The second kappa shape index (κ2) is 3.53. The van der Waals surface area contributed by atoms with Gasteiger partial charge in [-0.05, 0) is 6.07 Å². The zero-order valence-corrected chi connectivity index (χ0v) is 6.47. The van der Waals surface area contributed by atoms with Crippen LogP contribution in [-0.4, -0.2) is 22.9 Å². The van der Waals surface area contributed by atoms with E-state index in [1.807, 2.05) is 0 Å². The summed E-state index contributed by atoms with van der Waals surface area (Å²) in [6.07, 6.45) is 3.03. The van der Waals surface area contributed by atoms with E-state index in [0.717, 1.165) is 0 Å². The molecule has 0 fully saturated rings. The normalized spacial score (nSPS) is 11.7.